The van der Waals surface area contributed by atoms with Gasteiger partial charge in [0.25, 0.3) is 0 Å². The molecule has 0 saturated carbocycles. The molecule has 1 unspecified atom stereocenters. The molecule has 0 bridgehead atoms. The van der Waals surface area contributed by atoms with Gasteiger partial charge in [-0.05, 0) is 50.3 Å². The Morgan fingerprint density at radius 2 is 2.14 bits per heavy atom. The molecule has 1 aromatic rings. The molecule has 1 aliphatic heterocycles. The van der Waals surface area contributed by atoms with Crippen LogP contribution < -0.4 is 16.0 Å². The Labute approximate surface area is 150 Å². The molecule has 22 heavy (non-hydrogen) atoms. The molecular formula is C16H28IN5. The smallest absolute Gasteiger partial charge is 0.189 e. The van der Waals surface area contributed by atoms with Crippen LogP contribution in [0.15, 0.2) is 23.3 Å². The first-order chi connectivity index (χ1) is 10.2. The Morgan fingerprint density at radius 3 is 2.82 bits per heavy atom. The van der Waals surface area contributed by atoms with Gasteiger partial charge in [0.1, 0.15) is 5.82 Å². The largest absolute Gasteiger partial charge is 0.370 e. The van der Waals surface area contributed by atoms with Crippen molar-refractivity contribution >= 4 is 35.8 Å². The molecule has 3 N–H and O–H groups in total. The zero-order valence-electron chi connectivity index (χ0n) is 13.6. The second kappa shape index (κ2) is 9.86. The Bertz CT molecular complexity index is 471. The number of piperidine rings is 1. The molecule has 1 saturated heterocycles. The number of nitrogens with one attached hydrogen (secondary N) is 1. The molecule has 1 aliphatic rings. The average Bonchev–Trinajstić information content (AvgIpc) is 2.54. The van der Waals surface area contributed by atoms with Gasteiger partial charge >= 0.3 is 0 Å². The molecule has 2 heterocycles. The van der Waals surface area contributed by atoms with E-state index in [1.807, 2.05) is 12.3 Å². The van der Waals surface area contributed by atoms with E-state index in [0.29, 0.717) is 18.5 Å². The highest BCUT2D eigenvalue weighted by molar-refractivity contribution is 14.0. The zero-order chi connectivity index (χ0) is 15.1. The number of aliphatic imine (C=N–C) groups is 1. The molecule has 6 heteroatoms. The predicted octanol–water partition coefficient (Wildman–Crippen LogP) is 2.89. The van der Waals surface area contributed by atoms with Crippen LogP contribution in [0.2, 0.25) is 0 Å². The fourth-order valence-corrected chi connectivity index (χ4v) is 2.43. The van der Waals surface area contributed by atoms with Crippen LogP contribution in [0.1, 0.15) is 45.1 Å². The Kier molecular flexibility index (Phi) is 8.52. The summed E-state index contributed by atoms with van der Waals surface area (Å²) in [6.07, 6.45) is 6.75. The lowest BCUT2D eigenvalue weighted by Gasteiger charge is -2.27. The molecular weight excluding hydrogens is 389 g/mol. The van der Waals surface area contributed by atoms with Crippen molar-refractivity contribution < 1.29 is 0 Å². The van der Waals surface area contributed by atoms with E-state index in [1.54, 1.807) is 0 Å². The molecule has 1 fully saturated rings. The van der Waals surface area contributed by atoms with Gasteiger partial charge in [-0.3, -0.25) is 0 Å². The first-order valence-corrected chi connectivity index (χ1v) is 7.95. The maximum atomic E-state index is 5.89. The highest BCUT2D eigenvalue weighted by Gasteiger charge is 2.12. The highest BCUT2D eigenvalue weighted by Crippen LogP contribution is 2.18. The molecule has 5 nitrogen and oxygen atoms in total. The molecule has 2 rings (SSSR count). The number of nitrogens with zero attached hydrogens (tertiary/aromatic N) is 3. The maximum absolute atomic E-state index is 5.89. The second-order valence-corrected chi connectivity index (χ2v) is 5.73. The monoisotopic (exact) mass is 417 g/mol. The number of pyridine rings is 1. The number of anilines is 1. The average molecular weight is 417 g/mol. The van der Waals surface area contributed by atoms with Crippen LogP contribution in [0, 0.1) is 0 Å². The second-order valence-electron chi connectivity index (χ2n) is 5.73. The molecule has 0 aliphatic carbocycles. The number of hydrogen-bond donors (Lipinski definition) is 2. The van der Waals surface area contributed by atoms with Crippen LogP contribution >= 0.6 is 24.0 Å². The van der Waals surface area contributed by atoms with E-state index in [0.717, 1.165) is 30.9 Å². The van der Waals surface area contributed by atoms with Crippen molar-refractivity contribution in [3.8, 4) is 0 Å². The predicted molar refractivity (Wildman–Crippen MR) is 104 cm³/mol. The first kappa shape index (κ1) is 19.0. The van der Waals surface area contributed by atoms with Crippen molar-refractivity contribution in [2.75, 3.05) is 18.0 Å². The quantitative estimate of drug-likeness (QED) is 0.439. The van der Waals surface area contributed by atoms with Gasteiger partial charge in [-0.25, -0.2) is 9.98 Å². The van der Waals surface area contributed by atoms with E-state index in [9.17, 15) is 0 Å². The Balaban J connectivity index is 0.00000242. The third kappa shape index (κ3) is 5.98. The third-order valence-corrected chi connectivity index (χ3v) is 3.93. The molecule has 0 spiro atoms. The lowest BCUT2D eigenvalue weighted by atomic mass is 10.1. The van der Waals surface area contributed by atoms with Gasteiger partial charge in [0.2, 0.25) is 0 Å². The maximum Gasteiger partial charge on any atom is 0.189 e. The SMILES string of the molecule is CCC(C)NC(N)=NCc1ccnc(N2CCCCC2)c1.I. The van der Waals surface area contributed by atoms with Gasteiger partial charge in [-0.2, -0.15) is 0 Å². The summed E-state index contributed by atoms with van der Waals surface area (Å²) in [7, 11) is 0. The van der Waals surface area contributed by atoms with Gasteiger partial charge in [0.05, 0.1) is 6.54 Å². The van der Waals surface area contributed by atoms with Gasteiger partial charge in [-0.1, -0.05) is 6.92 Å². The van der Waals surface area contributed by atoms with Crippen molar-refractivity contribution in [1.29, 1.82) is 0 Å². The molecule has 124 valence electrons. The van der Waals surface area contributed by atoms with Crippen molar-refractivity contribution in [3.63, 3.8) is 0 Å². The fourth-order valence-electron chi connectivity index (χ4n) is 2.43. The van der Waals surface area contributed by atoms with Crippen molar-refractivity contribution in [3.05, 3.63) is 23.9 Å². The zero-order valence-corrected chi connectivity index (χ0v) is 15.9. The van der Waals surface area contributed by atoms with E-state index >= 15 is 0 Å². The fraction of sp³-hybridized carbons (Fsp3) is 0.625. The molecule has 0 radical (unpaired) electrons. The van der Waals surface area contributed by atoms with E-state index in [4.69, 9.17) is 5.73 Å². The standard InChI is InChI=1S/C16H27N5.HI/c1-3-13(2)20-16(17)19-12-14-7-8-18-15(11-14)21-9-5-4-6-10-21;/h7-8,11,13H,3-6,9-10,12H2,1-2H3,(H3,17,19,20);1H. The van der Waals surface area contributed by atoms with Crippen LogP contribution in [-0.4, -0.2) is 30.1 Å². The summed E-state index contributed by atoms with van der Waals surface area (Å²) in [5.41, 5.74) is 7.04. The number of aromatic nitrogens is 1. The van der Waals surface area contributed by atoms with Gasteiger partial charge in [-0.15, -0.1) is 24.0 Å². The molecule has 0 amide bonds. The topological polar surface area (TPSA) is 66.5 Å². The number of hydrogen-bond acceptors (Lipinski definition) is 3. The number of halogens is 1. The summed E-state index contributed by atoms with van der Waals surface area (Å²) in [4.78, 5) is 11.2. The lowest BCUT2D eigenvalue weighted by molar-refractivity contribution is 0.573. The van der Waals surface area contributed by atoms with Crippen molar-refractivity contribution in [1.82, 2.24) is 10.3 Å². The molecule has 0 aromatic carbocycles. The van der Waals surface area contributed by atoms with E-state index < -0.39 is 0 Å². The molecule has 1 atom stereocenters. The van der Waals surface area contributed by atoms with Crippen LogP contribution in [0.3, 0.4) is 0 Å². The lowest BCUT2D eigenvalue weighted by Crippen LogP contribution is -2.38. The molecule has 1 aromatic heterocycles. The number of rotatable bonds is 5. The van der Waals surface area contributed by atoms with Crippen LogP contribution in [0.25, 0.3) is 0 Å². The Hall–Kier alpha value is -1.05. The third-order valence-electron chi connectivity index (χ3n) is 3.93. The van der Waals surface area contributed by atoms with Gasteiger partial charge in [0.15, 0.2) is 5.96 Å². The summed E-state index contributed by atoms with van der Waals surface area (Å²) < 4.78 is 0. The first-order valence-electron chi connectivity index (χ1n) is 7.95. The highest BCUT2D eigenvalue weighted by atomic mass is 127. The van der Waals surface area contributed by atoms with Crippen LogP contribution in [0.4, 0.5) is 5.82 Å². The number of nitrogens with two attached hydrogens (primary N) is 1. The van der Waals surface area contributed by atoms with Crippen LogP contribution in [-0.2, 0) is 6.54 Å². The van der Waals surface area contributed by atoms with Gasteiger partial charge < -0.3 is 16.0 Å². The minimum absolute atomic E-state index is 0. The van der Waals surface area contributed by atoms with Crippen molar-refractivity contribution in [2.24, 2.45) is 10.7 Å². The summed E-state index contributed by atoms with van der Waals surface area (Å²) in [5.74, 6) is 1.58. The van der Waals surface area contributed by atoms with Gasteiger partial charge in [0, 0.05) is 25.3 Å². The summed E-state index contributed by atoms with van der Waals surface area (Å²) in [6, 6.07) is 4.49. The van der Waals surface area contributed by atoms with E-state index in [2.05, 4.69) is 40.1 Å². The minimum Gasteiger partial charge on any atom is -0.370 e. The summed E-state index contributed by atoms with van der Waals surface area (Å²) in [6.45, 7) is 7.04. The number of guanidine groups is 1. The summed E-state index contributed by atoms with van der Waals surface area (Å²) >= 11 is 0. The van der Waals surface area contributed by atoms with E-state index in [1.165, 1.54) is 19.3 Å². The Morgan fingerprint density at radius 1 is 1.41 bits per heavy atom. The van der Waals surface area contributed by atoms with E-state index in [-0.39, 0.29) is 24.0 Å². The summed E-state index contributed by atoms with van der Waals surface area (Å²) in [5, 5.41) is 3.18. The van der Waals surface area contributed by atoms with Crippen molar-refractivity contribution in [2.45, 2.75) is 52.1 Å². The minimum atomic E-state index is 0. The normalized spacial score (nSPS) is 16.8. The van der Waals surface area contributed by atoms with Crippen LogP contribution in [0.5, 0.6) is 0 Å².